The van der Waals surface area contributed by atoms with Gasteiger partial charge in [-0.25, -0.2) is 0 Å². The summed E-state index contributed by atoms with van der Waals surface area (Å²) in [5, 5.41) is 0. The van der Waals surface area contributed by atoms with Crippen LogP contribution >= 0.6 is 0 Å². The summed E-state index contributed by atoms with van der Waals surface area (Å²) < 4.78 is 0. The van der Waals surface area contributed by atoms with E-state index in [2.05, 4.69) is 98.8 Å². The monoisotopic (exact) mass is 274 g/mol. The molecule has 0 heterocycles. The van der Waals surface area contributed by atoms with E-state index in [0.717, 1.165) is 0 Å². The first kappa shape index (κ1) is 13.9. The van der Waals surface area contributed by atoms with E-state index in [9.17, 15) is 0 Å². The minimum Gasteiger partial charge on any atom is -0.0811 e. The van der Waals surface area contributed by atoms with Crippen molar-refractivity contribution < 1.29 is 0 Å². The van der Waals surface area contributed by atoms with Crippen LogP contribution in [0.2, 0.25) is 0 Å². The Bertz CT molecular complexity index is 595. The molecule has 2 aromatic rings. The molecule has 0 saturated heterocycles. The quantitative estimate of drug-likeness (QED) is 0.705. The van der Waals surface area contributed by atoms with E-state index in [1.807, 2.05) is 0 Å². The summed E-state index contributed by atoms with van der Waals surface area (Å²) in [5.74, 6) is 0.993. The van der Waals surface area contributed by atoms with Crippen molar-refractivity contribution in [1.29, 1.82) is 0 Å². The Morgan fingerprint density at radius 3 is 1.67 bits per heavy atom. The predicted molar refractivity (Wildman–Crippen MR) is 90.3 cm³/mol. The van der Waals surface area contributed by atoms with Gasteiger partial charge in [0.2, 0.25) is 0 Å². The molecule has 0 N–H and O–H groups in total. The molecule has 2 atom stereocenters. The summed E-state index contributed by atoms with van der Waals surface area (Å²) in [6.45, 7) is 4.69. The maximum atomic E-state index is 2.38. The van der Waals surface area contributed by atoms with Crippen LogP contribution < -0.4 is 0 Å². The average Bonchev–Trinajstić information content (AvgIpc) is 2.56. The van der Waals surface area contributed by atoms with Crippen molar-refractivity contribution in [3.63, 3.8) is 0 Å². The molecule has 21 heavy (non-hydrogen) atoms. The van der Waals surface area contributed by atoms with Gasteiger partial charge in [-0.3, -0.25) is 0 Å². The van der Waals surface area contributed by atoms with E-state index < -0.39 is 0 Å². The fourth-order valence-corrected chi connectivity index (χ4v) is 3.56. The molecule has 3 rings (SSSR count). The van der Waals surface area contributed by atoms with Gasteiger partial charge in [0, 0.05) is 5.41 Å². The van der Waals surface area contributed by atoms with Gasteiger partial charge < -0.3 is 0 Å². The fraction of sp³-hybridized carbons (Fsp3) is 0.238. The minimum absolute atomic E-state index is 0.0107. The van der Waals surface area contributed by atoms with Crippen LogP contribution in [0.4, 0.5) is 0 Å². The molecule has 2 unspecified atom stereocenters. The lowest BCUT2D eigenvalue weighted by molar-refractivity contribution is 0.343. The molecule has 106 valence electrons. The van der Waals surface area contributed by atoms with Crippen LogP contribution in [0, 0.1) is 11.8 Å². The van der Waals surface area contributed by atoms with Gasteiger partial charge in [-0.1, -0.05) is 98.8 Å². The van der Waals surface area contributed by atoms with Crippen molar-refractivity contribution in [3.8, 4) is 0 Å². The number of hydrogen-bond donors (Lipinski definition) is 0. The van der Waals surface area contributed by atoms with Gasteiger partial charge in [0.15, 0.2) is 0 Å². The Balaban J connectivity index is 2.16. The lowest BCUT2D eigenvalue weighted by Gasteiger charge is -2.41. The zero-order chi connectivity index (χ0) is 14.7. The molecule has 0 nitrogen and oxygen atoms in total. The fourth-order valence-electron chi connectivity index (χ4n) is 3.56. The maximum absolute atomic E-state index is 2.38. The highest BCUT2D eigenvalue weighted by atomic mass is 14.4. The van der Waals surface area contributed by atoms with Crippen LogP contribution in [0.15, 0.2) is 85.0 Å². The molecule has 0 aliphatic heterocycles. The standard InChI is InChI=1S/C21H22/c1-17-11-9-10-16-20(17)21(2,18-12-5-3-6-13-18)19-14-7-4-8-15-19/h3-17,20H,1-2H3. The van der Waals surface area contributed by atoms with E-state index in [-0.39, 0.29) is 5.41 Å². The normalized spacial score (nSPS) is 21.4. The van der Waals surface area contributed by atoms with E-state index >= 15 is 0 Å². The Labute approximate surface area is 127 Å². The first-order valence-electron chi connectivity index (χ1n) is 7.69. The first-order chi connectivity index (χ1) is 10.2. The van der Waals surface area contributed by atoms with Crippen LogP contribution in [0.3, 0.4) is 0 Å². The van der Waals surface area contributed by atoms with Gasteiger partial charge in [-0.2, -0.15) is 0 Å². The zero-order valence-electron chi connectivity index (χ0n) is 12.7. The van der Waals surface area contributed by atoms with Gasteiger partial charge in [0.05, 0.1) is 0 Å². The Hall–Kier alpha value is -2.08. The molecular formula is C21H22. The largest absolute Gasteiger partial charge is 0.0811 e. The SMILES string of the molecule is CC1C=CC=CC1C(C)(c1ccccc1)c1ccccc1. The molecule has 0 fully saturated rings. The van der Waals surface area contributed by atoms with Crippen molar-refractivity contribution >= 4 is 0 Å². The molecule has 1 aliphatic carbocycles. The number of allylic oxidation sites excluding steroid dienone is 4. The van der Waals surface area contributed by atoms with Crippen LogP contribution in [-0.2, 0) is 5.41 Å². The van der Waals surface area contributed by atoms with Crippen molar-refractivity contribution in [2.24, 2.45) is 11.8 Å². The highest BCUT2D eigenvalue weighted by molar-refractivity contribution is 5.42. The molecule has 0 aromatic heterocycles. The summed E-state index contributed by atoms with van der Waals surface area (Å²) in [5.41, 5.74) is 2.75. The van der Waals surface area contributed by atoms with E-state index in [1.54, 1.807) is 0 Å². The lowest BCUT2D eigenvalue weighted by Crippen LogP contribution is -2.36. The highest BCUT2D eigenvalue weighted by Crippen LogP contribution is 2.44. The zero-order valence-corrected chi connectivity index (χ0v) is 12.7. The molecule has 0 heteroatoms. The average molecular weight is 274 g/mol. The van der Waals surface area contributed by atoms with Crippen LogP contribution in [0.5, 0.6) is 0 Å². The summed E-state index contributed by atoms with van der Waals surface area (Å²) >= 11 is 0. The number of hydrogen-bond acceptors (Lipinski definition) is 0. The number of rotatable bonds is 3. The van der Waals surface area contributed by atoms with Crippen LogP contribution in [0.25, 0.3) is 0 Å². The maximum Gasteiger partial charge on any atom is 0.0242 e. The van der Waals surface area contributed by atoms with Gasteiger partial charge in [-0.05, 0) is 23.0 Å². The van der Waals surface area contributed by atoms with Crippen molar-refractivity contribution in [2.45, 2.75) is 19.3 Å². The third-order valence-electron chi connectivity index (χ3n) is 4.82. The molecule has 0 spiro atoms. The van der Waals surface area contributed by atoms with Gasteiger partial charge in [0.1, 0.15) is 0 Å². The van der Waals surface area contributed by atoms with Gasteiger partial charge in [-0.15, -0.1) is 0 Å². The van der Waals surface area contributed by atoms with Crippen LogP contribution in [0.1, 0.15) is 25.0 Å². The topological polar surface area (TPSA) is 0 Å². The van der Waals surface area contributed by atoms with E-state index in [0.29, 0.717) is 11.8 Å². The molecule has 0 radical (unpaired) electrons. The molecule has 1 aliphatic rings. The summed E-state index contributed by atoms with van der Waals surface area (Å²) in [4.78, 5) is 0. The molecule has 0 amide bonds. The van der Waals surface area contributed by atoms with Crippen molar-refractivity contribution in [1.82, 2.24) is 0 Å². The Morgan fingerprint density at radius 1 is 0.714 bits per heavy atom. The van der Waals surface area contributed by atoms with Crippen molar-refractivity contribution in [2.75, 3.05) is 0 Å². The van der Waals surface area contributed by atoms with Gasteiger partial charge >= 0.3 is 0 Å². The van der Waals surface area contributed by atoms with Crippen LogP contribution in [-0.4, -0.2) is 0 Å². The Kier molecular flexibility index (Phi) is 3.79. The smallest absolute Gasteiger partial charge is 0.0242 e. The highest BCUT2D eigenvalue weighted by Gasteiger charge is 2.38. The molecular weight excluding hydrogens is 252 g/mol. The molecule has 0 bridgehead atoms. The summed E-state index contributed by atoms with van der Waals surface area (Å²) in [7, 11) is 0. The van der Waals surface area contributed by atoms with Gasteiger partial charge in [0.25, 0.3) is 0 Å². The second-order valence-electron chi connectivity index (χ2n) is 6.09. The van der Waals surface area contributed by atoms with Crippen molar-refractivity contribution in [3.05, 3.63) is 96.1 Å². The van der Waals surface area contributed by atoms with E-state index in [1.165, 1.54) is 11.1 Å². The first-order valence-corrected chi connectivity index (χ1v) is 7.69. The Morgan fingerprint density at radius 2 is 1.19 bits per heavy atom. The third kappa shape index (κ3) is 2.47. The minimum atomic E-state index is -0.0107. The van der Waals surface area contributed by atoms with E-state index in [4.69, 9.17) is 0 Å². The lowest BCUT2D eigenvalue weighted by atomic mass is 9.62. The number of benzene rings is 2. The summed E-state index contributed by atoms with van der Waals surface area (Å²) in [6, 6.07) is 21.8. The molecule has 0 saturated carbocycles. The molecule has 2 aromatic carbocycles. The predicted octanol–water partition coefficient (Wildman–Crippen LogP) is 5.37. The third-order valence-corrected chi connectivity index (χ3v) is 4.82. The second-order valence-corrected chi connectivity index (χ2v) is 6.09. The second kappa shape index (κ2) is 5.73. The summed E-state index contributed by atoms with van der Waals surface area (Å²) in [6.07, 6.45) is 9.03.